The molecule has 0 unspecified atom stereocenters. The number of carbonyl (C=O) groups excluding carboxylic acids is 1. The minimum atomic E-state index is -0.315. The van der Waals surface area contributed by atoms with Crippen molar-refractivity contribution in [2.75, 3.05) is 13.2 Å². The number of benzene rings is 3. The van der Waals surface area contributed by atoms with Gasteiger partial charge in [-0.1, -0.05) is 36.4 Å². The second kappa shape index (κ2) is 9.38. The average Bonchev–Trinajstić information content (AvgIpc) is 2.72. The second-order valence-electron chi connectivity index (χ2n) is 5.82. The fourth-order valence-corrected chi connectivity index (χ4v) is 2.50. The van der Waals surface area contributed by atoms with E-state index in [1.54, 1.807) is 18.2 Å². The van der Waals surface area contributed by atoms with Gasteiger partial charge in [0.05, 0.1) is 6.54 Å². The minimum absolute atomic E-state index is 0.190. The molecule has 0 saturated heterocycles. The maximum Gasteiger partial charge on any atom is 0.251 e. The van der Waals surface area contributed by atoms with Crippen molar-refractivity contribution in [1.82, 2.24) is 5.32 Å². The molecule has 0 bridgehead atoms. The minimum Gasteiger partial charge on any atom is -0.492 e. The second-order valence-corrected chi connectivity index (χ2v) is 5.82. The fourth-order valence-electron chi connectivity index (χ4n) is 2.50. The molecule has 0 atom stereocenters. The number of para-hydroxylation sites is 1. The predicted octanol–water partition coefficient (Wildman–Crippen LogP) is 4.21. The van der Waals surface area contributed by atoms with Crippen molar-refractivity contribution in [2.45, 2.75) is 6.61 Å². The molecule has 1 N–H and O–H groups in total. The first-order valence-electron chi connectivity index (χ1n) is 8.65. The molecule has 3 aromatic carbocycles. The van der Waals surface area contributed by atoms with Crippen molar-refractivity contribution >= 4 is 5.91 Å². The van der Waals surface area contributed by atoms with Crippen LogP contribution < -0.4 is 14.8 Å². The molecule has 0 aliphatic heterocycles. The summed E-state index contributed by atoms with van der Waals surface area (Å²) in [6, 6.07) is 22.5. The molecular weight excluding hydrogens is 345 g/mol. The van der Waals surface area contributed by atoms with E-state index in [0.29, 0.717) is 31.1 Å². The van der Waals surface area contributed by atoms with Gasteiger partial charge < -0.3 is 14.8 Å². The van der Waals surface area contributed by atoms with Gasteiger partial charge in [-0.05, 0) is 42.5 Å². The zero-order chi connectivity index (χ0) is 18.9. The number of rotatable bonds is 8. The van der Waals surface area contributed by atoms with Crippen molar-refractivity contribution in [3.63, 3.8) is 0 Å². The summed E-state index contributed by atoms with van der Waals surface area (Å²) in [7, 11) is 0. The summed E-state index contributed by atoms with van der Waals surface area (Å²) in [6.45, 7) is 0.934. The molecule has 0 spiro atoms. The number of hydrogen-bond donors (Lipinski definition) is 1. The van der Waals surface area contributed by atoms with E-state index in [2.05, 4.69) is 5.32 Å². The Morgan fingerprint density at radius 2 is 1.48 bits per heavy atom. The van der Waals surface area contributed by atoms with Crippen molar-refractivity contribution in [2.24, 2.45) is 0 Å². The van der Waals surface area contributed by atoms with Crippen LogP contribution in [0.25, 0.3) is 0 Å². The van der Waals surface area contributed by atoms with Crippen LogP contribution in [0.4, 0.5) is 4.39 Å². The fraction of sp³-hybridized carbons (Fsp3) is 0.136. The van der Waals surface area contributed by atoms with Crippen LogP contribution in [0.5, 0.6) is 11.5 Å². The van der Waals surface area contributed by atoms with Gasteiger partial charge in [0.25, 0.3) is 5.91 Å². The Morgan fingerprint density at radius 1 is 0.815 bits per heavy atom. The first kappa shape index (κ1) is 18.5. The summed E-state index contributed by atoms with van der Waals surface area (Å²) in [4.78, 5) is 12.5. The van der Waals surface area contributed by atoms with Crippen LogP contribution in [0.2, 0.25) is 0 Å². The Bertz CT molecular complexity index is 866. The molecule has 3 rings (SSSR count). The Morgan fingerprint density at radius 3 is 2.26 bits per heavy atom. The van der Waals surface area contributed by atoms with Crippen LogP contribution in [0.3, 0.4) is 0 Å². The Labute approximate surface area is 157 Å². The number of nitrogens with one attached hydrogen (secondary N) is 1. The van der Waals surface area contributed by atoms with Gasteiger partial charge >= 0.3 is 0 Å². The zero-order valence-electron chi connectivity index (χ0n) is 14.7. The molecule has 0 aliphatic rings. The highest BCUT2D eigenvalue weighted by Gasteiger charge is 2.11. The topological polar surface area (TPSA) is 47.6 Å². The summed E-state index contributed by atoms with van der Waals surface area (Å²) in [5.74, 6) is 0.803. The van der Waals surface area contributed by atoms with Crippen LogP contribution in [0, 0.1) is 5.82 Å². The molecule has 0 fully saturated rings. The molecular formula is C22H20FNO3. The molecule has 4 nitrogen and oxygen atoms in total. The smallest absolute Gasteiger partial charge is 0.251 e. The number of carbonyl (C=O) groups is 1. The average molecular weight is 365 g/mol. The third-order valence-electron chi connectivity index (χ3n) is 3.87. The van der Waals surface area contributed by atoms with Crippen LogP contribution in [0.15, 0.2) is 78.9 Å². The largest absolute Gasteiger partial charge is 0.492 e. The lowest BCUT2D eigenvalue weighted by Gasteiger charge is -2.12. The van der Waals surface area contributed by atoms with Gasteiger partial charge in [-0.2, -0.15) is 0 Å². The van der Waals surface area contributed by atoms with Gasteiger partial charge in [-0.15, -0.1) is 0 Å². The van der Waals surface area contributed by atoms with Gasteiger partial charge in [-0.25, -0.2) is 4.39 Å². The van der Waals surface area contributed by atoms with Crippen molar-refractivity contribution < 1.29 is 18.7 Å². The molecule has 1 amide bonds. The molecule has 0 radical (unpaired) electrons. The summed E-state index contributed by atoms with van der Waals surface area (Å²) in [5.41, 5.74) is 1.37. The lowest BCUT2D eigenvalue weighted by molar-refractivity contribution is 0.0944. The number of halogens is 1. The summed E-state index contributed by atoms with van der Waals surface area (Å²) in [6.07, 6.45) is 0. The first-order chi connectivity index (χ1) is 13.2. The molecule has 0 aromatic heterocycles. The maximum absolute atomic E-state index is 12.9. The van der Waals surface area contributed by atoms with Crippen LogP contribution >= 0.6 is 0 Å². The first-order valence-corrected chi connectivity index (χ1v) is 8.65. The van der Waals surface area contributed by atoms with Crippen molar-refractivity contribution in [1.29, 1.82) is 0 Å². The predicted molar refractivity (Wildman–Crippen MR) is 101 cm³/mol. The van der Waals surface area contributed by atoms with E-state index in [9.17, 15) is 9.18 Å². The highest BCUT2D eigenvalue weighted by atomic mass is 19.1. The molecule has 138 valence electrons. The lowest BCUT2D eigenvalue weighted by Crippen LogP contribution is -2.29. The Hall–Kier alpha value is -3.34. The highest BCUT2D eigenvalue weighted by molar-refractivity contribution is 5.95. The van der Waals surface area contributed by atoms with E-state index in [0.717, 1.165) is 11.3 Å². The van der Waals surface area contributed by atoms with E-state index in [1.165, 1.54) is 12.1 Å². The van der Waals surface area contributed by atoms with E-state index in [-0.39, 0.29) is 11.7 Å². The monoisotopic (exact) mass is 365 g/mol. The van der Waals surface area contributed by atoms with Gasteiger partial charge in [0, 0.05) is 11.1 Å². The number of ether oxygens (including phenoxy) is 2. The van der Waals surface area contributed by atoms with E-state index < -0.39 is 0 Å². The maximum atomic E-state index is 12.9. The lowest BCUT2D eigenvalue weighted by atomic mass is 10.1. The summed E-state index contributed by atoms with van der Waals surface area (Å²) < 4.78 is 24.1. The highest BCUT2D eigenvalue weighted by Crippen LogP contribution is 2.15. The molecule has 0 aliphatic carbocycles. The Balaban J connectivity index is 1.51. The molecule has 5 heteroatoms. The SMILES string of the molecule is O=C(NCCOc1ccc(F)cc1)c1ccccc1COc1ccccc1. The molecule has 0 saturated carbocycles. The van der Waals surface area contributed by atoms with E-state index in [4.69, 9.17) is 9.47 Å². The van der Waals surface area contributed by atoms with Gasteiger partial charge in [0.1, 0.15) is 30.5 Å². The summed E-state index contributed by atoms with van der Waals surface area (Å²) >= 11 is 0. The van der Waals surface area contributed by atoms with Crippen molar-refractivity contribution in [3.8, 4) is 11.5 Å². The Kier molecular flexibility index (Phi) is 6.41. The number of amides is 1. The van der Waals surface area contributed by atoms with Crippen LogP contribution in [-0.4, -0.2) is 19.1 Å². The number of hydrogen-bond acceptors (Lipinski definition) is 3. The third kappa shape index (κ3) is 5.57. The van der Waals surface area contributed by atoms with Crippen LogP contribution in [-0.2, 0) is 6.61 Å². The normalized spacial score (nSPS) is 10.3. The molecule has 0 heterocycles. The quantitative estimate of drug-likeness (QED) is 0.608. The zero-order valence-corrected chi connectivity index (χ0v) is 14.7. The van der Waals surface area contributed by atoms with Crippen molar-refractivity contribution in [3.05, 3.63) is 95.8 Å². The molecule has 27 heavy (non-hydrogen) atoms. The van der Waals surface area contributed by atoms with Gasteiger partial charge in [-0.3, -0.25) is 4.79 Å². The third-order valence-corrected chi connectivity index (χ3v) is 3.87. The standard InChI is InChI=1S/C22H20FNO3/c23-18-10-12-20(13-11-18)26-15-14-24-22(25)21-9-5-4-6-17(21)16-27-19-7-2-1-3-8-19/h1-13H,14-16H2,(H,24,25). The van der Waals surface area contributed by atoms with E-state index >= 15 is 0 Å². The van der Waals surface area contributed by atoms with Gasteiger partial charge in [0.2, 0.25) is 0 Å². The van der Waals surface area contributed by atoms with E-state index in [1.807, 2.05) is 48.5 Å². The molecule has 3 aromatic rings. The van der Waals surface area contributed by atoms with Crippen LogP contribution in [0.1, 0.15) is 15.9 Å². The van der Waals surface area contributed by atoms with Gasteiger partial charge in [0.15, 0.2) is 0 Å². The summed E-state index contributed by atoms with van der Waals surface area (Å²) in [5, 5.41) is 2.83.